The van der Waals surface area contributed by atoms with Gasteiger partial charge in [0, 0.05) is 6.54 Å². The van der Waals surface area contributed by atoms with Gasteiger partial charge in [0.25, 0.3) is 0 Å². The van der Waals surface area contributed by atoms with Gasteiger partial charge in [0.15, 0.2) is 0 Å². The number of hydrogen-bond donors (Lipinski definition) is 1. The van der Waals surface area contributed by atoms with E-state index in [0.29, 0.717) is 6.54 Å². The maximum absolute atomic E-state index is 5.50. The molecule has 1 heterocycles. The smallest absolute Gasteiger partial charge is 0.107 e. The fourth-order valence-corrected chi connectivity index (χ4v) is 2.00. The summed E-state index contributed by atoms with van der Waals surface area (Å²) in [7, 11) is 0. The van der Waals surface area contributed by atoms with Crippen LogP contribution in [-0.4, -0.2) is 4.98 Å². The molecule has 2 N–H and O–H groups in total. The van der Waals surface area contributed by atoms with E-state index < -0.39 is 0 Å². The molecule has 0 atom stereocenters. The third-order valence-electron chi connectivity index (χ3n) is 1.76. The molecule has 0 aliphatic rings. The fourth-order valence-electron chi connectivity index (χ4n) is 1.17. The summed E-state index contributed by atoms with van der Waals surface area (Å²) in [6.45, 7) is 2.61. The van der Waals surface area contributed by atoms with Crippen molar-refractivity contribution in [2.45, 2.75) is 13.5 Å². The monoisotopic (exact) mass is 178 g/mol. The molecule has 12 heavy (non-hydrogen) atoms. The van der Waals surface area contributed by atoms with Gasteiger partial charge < -0.3 is 5.73 Å². The van der Waals surface area contributed by atoms with Gasteiger partial charge in [-0.1, -0.05) is 6.07 Å². The summed E-state index contributed by atoms with van der Waals surface area (Å²) >= 11 is 1.67. The molecule has 2 aromatic rings. The highest BCUT2D eigenvalue weighted by atomic mass is 32.1. The van der Waals surface area contributed by atoms with Crippen LogP contribution < -0.4 is 5.73 Å². The maximum Gasteiger partial charge on any atom is 0.107 e. The largest absolute Gasteiger partial charge is 0.325 e. The molecule has 2 nitrogen and oxygen atoms in total. The first kappa shape index (κ1) is 7.71. The molecule has 0 aliphatic heterocycles. The second kappa shape index (κ2) is 2.84. The molecule has 2 rings (SSSR count). The molecule has 0 radical (unpaired) electrons. The predicted octanol–water partition coefficient (Wildman–Crippen LogP) is 2.06. The van der Waals surface area contributed by atoms with E-state index in [4.69, 9.17) is 5.73 Å². The summed E-state index contributed by atoms with van der Waals surface area (Å²) in [4.78, 5) is 4.39. The van der Waals surface area contributed by atoms with Crippen molar-refractivity contribution in [3.05, 3.63) is 28.8 Å². The second-order valence-corrected chi connectivity index (χ2v) is 3.90. The molecule has 62 valence electrons. The minimum Gasteiger partial charge on any atom is -0.325 e. The van der Waals surface area contributed by atoms with Crippen LogP contribution in [0.4, 0.5) is 0 Å². The second-order valence-electron chi connectivity index (χ2n) is 2.78. The van der Waals surface area contributed by atoms with Gasteiger partial charge in [-0.15, -0.1) is 11.3 Å². The molecule has 0 aliphatic carbocycles. The molecule has 0 bridgehead atoms. The minimum absolute atomic E-state index is 0.540. The van der Waals surface area contributed by atoms with Gasteiger partial charge in [0.2, 0.25) is 0 Å². The highest BCUT2D eigenvalue weighted by molar-refractivity contribution is 7.18. The van der Waals surface area contributed by atoms with Crippen LogP contribution in [0, 0.1) is 6.92 Å². The lowest BCUT2D eigenvalue weighted by Gasteiger charge is -1.88. The number of nitrogens with zero attached hydrogens (tertiary/aromatic N) is 1. The number of nitrogens with two attached hydrogens (primary N) is 1. The van der Waals surface area contributed by atoms with Crippen LogP contribution in [0.15, 0.2) is 18.2 Å². The van der Waals surface area contributed by atoms with Crippen molar-refractivity contribution >= 4 is 21.6 Å². The molecular weight excluding hydrogens is 168 g/mol. The van der Waals surface area contributed by atoms with Crippen molar-refractivity contribution in [3.8, 4) is 0 Å². The van der Waals surface area contributed by atoms with Crippen molar-refractivity contribution in [1.82, 2.24) is 4.98 Å². The van der Waals surface area contributed by atoms with Crippen LogP contribution in [0.3, 0.4) is 0 Å². The summed E-state index contributed by atoms with van der Waals surface area (Å²) < 4.78 is 1.22. The lowest BCUT2D eigenvalue weighted by atomic mass is 10.2. The highest BCUT2D eigenvalue weighted by Crippen LogP contribution is 2.22. The Morgan fingerprint density at radius 2 is 2.33 bits per heavy atom. The fraction of sp³-hybridized carbons (Fsp3) is 0.222. The molecule has 0 saturated carbocycles. The van der Waals surface area contributed by atoms with Gasteiger partial charge in [0.05, 0.1) is 10.2 Å². The Morgan fingerprint density at radius 1 is 1.50 bits per heavy atom. The Labute approximate surface area is 75.0 Å². The quantitative estimate of drug-likeness (QED) is 0.726. The number of rotatable bonds is 1. The highest BCUT2D eigenvalue weighted by Gasteiger charge is 2.00. The third-order valence-corrected chi connectivity index (χ3v) is 2.82. The Hall–Kier alpha value is -0.930. The van der Waals surface area contributed by atoms with Crippen molar-refractivity contribution in [3.63, 3.8) is 0 Å². The van der Waals surface area contributed by atoms with Crippen molar-refractivity contribution in [1.29, 1.82) is 0 Å². The van der Waals surface area contributed by atoms with Crippen LogP contribution >= 0.6 is 11.3 Å². The van der Waals surface area contributed by atoms with Crippen LogP contribution in [0.5, 0.6) is 0 Å². The van der Waals surface area contributed by atoms with E-state index in [1.54, 1.807) is 11.3 Å². The van der Waals surface area contributed by atoms with Crippen molar-refractivity contribution in [2.24, 2.45) is 5.73 Å². The lowest BCUT2D eigenvalue weighted by molar-refractivity contribution is 1.05. The standard InChI is InChI=1S/C9H10N2S/c1-6-2-3-8-7(4-6)11-9(5-10)12-8/h2-4H,5,10H2,1H3. The van der Waals surface area contributed by atoms with E-state index in [9.17, 15) is 0 Å². The number of aromatic nitrogens is 1. The minimum atomic E-state index is 0.540. The Kier molecular flexibility index (Phi) is 1.83. The first-order chi connectivity index (χ1) is 5.79. The summed E-state index contributed by atoms with van der Waals surface area (Å²) in [6, 6.07) is 6.29. The molecule has 0 amide bonds. The average Bonchev–Trinajstić information content (AvgIpc) is 2.46. The molecule has 0 unspecified atom stereocenters. The van der Waals surface area contributed by atoms with Gasteiger partial charge in [-0.2, -0.15) is 0 Å². The summed E-state index contributed by atoms with van der Waals surface area (Å²) in [5.74, 6) is 0. The Bertz CT molecular complexity index is 406. The summed E-state index contributed by atoms with van der Waals surface area (Å²) in [6.07, 6.45) is 0. The Balaban J connectivity index is 2.67. The van der Waals surface area contributed by atoms with Crippen LogP contribution in [-0.2, 0) is 6.54 Å². The predicted molar refractivity (Wildman–Crippen MR) is 52.2 cm³/mol. The van der Waals surface area contributed by atoms with Crippen molar-refractivity contribution in [2.75, 3.05) is 0 Å². The van der Waals surface area contributed by atoms with Gasteiger partial charge in [0.1, 0.15) is 5.01 Å². The number of aryl methyl sites for hydroxylation is 1. The lowest BCUT2D eigenvalue weighted by Crippen LogP contribution is -1.93. The van der Waals surface area contributed by atoms with Gasteiger partial charge in [-0.05, 0) is 24.6 Å². The zero-order valence-corrected chi connectivity index (χ0v) is 7.69. The normalized spacial score (nSPS) is 10.8. The van der Waals surface area contributed by atoms with Crippen LogP contribution in [0.1, 0.15) is 10.6 Å². The van der Waals surface area contributed by atoms with E-state index in [2.05, 4.69) is 30.1 Å². The first-order valence-corrected chi connectivity index (χ1v) is 4.67. The number of thiazole rings is 1. The SMILES string of the molecule is Cc1ccc2sc(CN)nc2c1. The zero-order valence-electron chi connectivity index (χ0n) is 6.87. The molecule has 0 spiro atoms. The molecule has 3 heteroatoms. The molecular formula is C9H10N2S. The summed E-state index contributed by atoms with van der Waals surface area (Å²) in [5.41, 5.74) is 7.82. The number of fused-ring (bicyclic) bond motifs is 1. The van der Waals surface area contributed by atoms with E-state index in [1.807, 2.05) is 0 Å². The molecule has 1 aromatic heterocycles. The Morgan fingerprint density at radius 3 is 3.08 bits per heavy atom. The van der Waals surface area contributed by atoms with Gasteiger partial charge in [-0.3, -0.25) is 0 Å². The van der Waals surface area contributed by atoms with Crippen LogP contribution in [0.25, 0.3) is 10.2 Å². The average molecular weight is 178 g/mol. The topological polar surface area (TPSA) is 38.9 Å². The van der Waals surface area contributed by atoms with E-state index in [-0.39, 0.29) is 0 Å². The van der Waals surface area contributed by atoms with E-state index in [1.165, 1.54) is 10.3 Å². The van der Waals surface area contributed by atoms with E-state index >= 15 is 0 Å². The van der Waals surface area contributed by atoms with Crippen LogP contribution in [0.2, 0.25) is 0 Å². The molecule has 1 aromatic carbocycles. The maximum atomic E-state index is 5.50. The molecule has 0 saturated heterocycles. The number of benzene rings is 1. The van der Waals surface area contributed by atoms with Crippen molar-refractivity contribution < 1.29 is 0 Å². The first-order valence-electron chi connectivity index (χ1n) is 3.86. The van der Waals surface area contributed by atoms with Gasteiger partial charge >= 0.3 is 0 Å². The van der Waals surface area contributed by atoms with E-state index in [0.717, 1.165) is 10.5 Å². The summed E-state index contributed by atoms with van der Waals surface area (Å²) in [5, 5.41) is 1.01. The third kappa shape index (κ3) is 1.21. The van der Waals surface area contributed by atoms with Gasteiger partial charge in [-0.25, -0.2) is 4.98 Å². The number of hydrogen-bond acceptors (Lipinski definition) is 3. The molecule has 0 fully saturated rings. The zero-order chi connectivity index (χ0) is 8.55.